The van der Waals surface area contributed by atoms with Crippen LogP contribution in [0.15, 0.2) is 72.8 Å². The average molecular weight is 653 g/mol. The van der Waals surface area contributed by atoms with E-state index < -0.39 is 15.8 Å². The largest absolute Gasteiger partial charge is 0.493 e. The summed E-state index contributed by atoms with van der Waals surface area (Å²) < 4.78 is 47.6. The second kappa shape index (κ2) is 15.9. The molecule has 0 aliphatic heterocycles. The number of hydrogen-bond donors (Lipinski definition) is 0. The van der Waals surface area contributed by atoms with Gasteiger partial charge < -0.3 is 37.9 Å². The van der Waals surface area contributed by atoms with E-state index in [0.717, 1.165) is 27.6 Å². The predicted molar refractivity (Wildman–Crippen MR) is 185 cm³/mol. The summed E-state index contributed by atoms with van der Waals surface area (Å²) >= 11 is 0. The molecule has 0 saturated heterocycles. The lowest BCUT2D eigenvalue weighted by atomic mass is 10.3. The Morgan fingerprint density at radius 2 is 0.644 bits per heavy atom. The van der Waals surface area contributed by atoms with Crippen molar-refractivity contribution in [3.05, 3.63) is 72.8 Å². The van der Waals surface area contributed by atoms with Gasteiger partial charge in [0, 0.05) is 26.6 Å². The van der Waals surface area contributed by atoms with Crippen molar-refractivity contribution in [2.45, 2.75) is 18.7 Å². The molecule has 0 fully saturated rings. The smallest absolute Gasteiger partial charge is 0.168 e. The predicted octanol–water partition coefficient (Wildman–Crippen LogP) is 6.06. The van der Waals surface area contributed by atoms with Crippen molar-refractivity contribution >= 4 is 37.1 Å². The average Bonchev–Trinajstić information content (AvgIpc) is 3.10. The minimum Gasteiger partial charge on any atom is -0.493 e. The molecule has 4 rings (SSSR count). The molecule has 45 heavy (non-hydrogen) atoms. The monoisotopic (exact) mass is 652 g/mol. The highest BCUT2D eigenvalue weighted by atomic mass is 31.2. The van der Waals surface area contributed by atoms with Gasteiger partial charge in [-0.3, -0.25) is 0 Å². The van der Waals surface area contributed by atoms with Crippen molar-refractivity contribution in [1.29, 1.82) is 0 Å². The maximum absolute atomic E-state index is 6.09. The molecule has 0 amide bonds. The van der Waals surface area contributed by atoms with E-state index in [1.165, 1.54) is 0 Å². The summed E-state index contributed by atoms with van der Waals surface area (Å²) in [6.45, 7) is 2.22. The molecule has 0 saturated carbocycles. The van der Waals surface area contributed by atoms with Gasteiger partial charge in [-0.2, -0.15) is 0 Å². The lowest BCUT2D eigenvalue weighted by Gasteiger charge is -2.37. The molecule has 0 aromatic heterocycles. The molecule has 4 aromatic carbocycles. The minimum absolute atomic E-state index is 0.000903. The first kappa shape index (κ1) is 34.0. The van der Waals surface area contributed by atoms with Gasteiger partial charge in [0.25, 0.3) is 0 Å². The zero-order valence-electron chi connectivity index (χ0n) is 27.4. The van der Waals surface area contributed by atoms with Crippen LogP contribution in [-0.4, -0.2) is 62.3 Å². The molecular formula is C35H42O8P2. The third kappa shape index (κ3) is 6.59. The molecule has 0 spiro atoms. The summed E-state index contributed by atoms with van der Waals surface area (Å²) in [5.74, 6) is 5.34. The van der Waals surface area contributed by atoms with Gasteiger partial charge in [-0.25, -0.2) is 0 Å². The van der Waals surface area contributed by atoms with Gasteiger partial charge in [-0.05, 0) is 46.5 Å². The van der Waals surface area contributed by atoms with E-state index >= 15 is 0 Å². The number of methoxy groups -OCH3 is 8. The molecule has 0 radical (unpaired) electrons. The van der Waals surface area contributed by atoms with Gasteiger partial charge in [0.15, 0.2) is 46.0 Å². The molecule has 10 heteroatoms. The zero-order valence-corrected chi connectivity index (χ0v) is 29.2. The van der Waals surface area contributed by atoms with Crippen LogP contribution in [0, 0.1) is 0 Å². The molecule has 0 aliphatic carbocycles. The Labute approximate surface area is 269 Å². The van der Waals surface area contributed by atoms with Crippen molar-refractivity contribution in [3.8, 4) is 46.0 Å². The molecule has 0 atom stereocenters. The standard InChI is InChI=1S/C35H42O8P2/c1-10-31(44(27-19-11-15-23(36-2)32(27)40-6)28-20-12-16-24(37-3)33(28)41-7)45(29-21-13-17-25(38-4)34(29)42-8)30-22-14-18-26(39-5)35(30)43-9/h11-22,31H,10H2,1-9H3. The Hall–Kier alpha value is -3.86. The summed E-state index contributed by atoms with van der Waals surface area (Å²) in [7, 11) is 10.9. The van der Waals surface area contributed by atoms with Crippen LogP contribution in [0.3, 0.4) is 0 Å². The Bertz CT molecular complexity index is 1350. The van der Waals surface area contributed by atoms with Crippen LogP contribution in [0.1, 0.15) is 13.3 Å². The molecule has 0 N–H and O–H groups in total. The van der Waals surface area contributed by atoms with Crippen molar-refractivity contribution in [1.82, 2.24) is 0 Å². The molecule has 4 aromatic rings. The second-order valence-corrected chi connectivity index (χ2v) is 14.7. The SMILES string of the molecule is CCC(P(c1cccc(OC)c1OC)c1cccc(OC)c1OC)P(c1cccc(OC)c1OC)c1cccc(OC)c1OC. The van der Waals surface area contributed by atoms with Crippen LogP contribution >= 0.6 is 15.8 Å². The van der Waals surface area contributed by atoms with Crippen LogP contribution in [0.2, 0.25) is 0 Å². The van der Waals surface area contributed by atoms with Crippen LogP contribution in [0.5, 0.6) is 46.0 Å². The molecular weight excluding hydrogens is 610 g/mol. The third-order valence-electron chi connectivity index (χ3n) is 7.53. The van der Waals surface area contributed by atoms with Crippen LogP contribution in [0.4, 0.5) is 0 Å². The van der Waals surface area contributed by atoms with E-state index in [9.17, 15) is 0 Å². The Balaban J connectivity index is 2.18. The lowest BCUT2D eigenvalue weighted by molar-refractivity contribution is 0.356. The Kier molecular flexibility index (Phi) is 12.0. The first-order valence-electron chi connectivity index (χ1n) is 14.4. The highest BCUT2D eigenvalue weighted by molar-refractivity contribution is 7.90. The van der Waals surface area contributed by atoms with Crippen molar-refractivity contribution < 1.29 is 37.9 Å². The molecule has 240 valence electrons. The summed E-state index contributed by atoms with van der Waals surface area (Å²) in [5.41, 5.74) is 0. The van der Waals surface area contributed by atoms with E-state index in [0.29, 0.717) is 46.0 Å². The van der Waals surface area contributed by atoms with E-state index in [-0.39, 0.29) is 5.40 Å². The van der Waals surface area contributed by atoms with Gasteiger partial charge in [0.05, 0.1) is 56.9 Å². The summed E-state index contributed by atoms with van der Waals surface area (Å²) in [6, 6.07) is 24.2. The lowest BCUT2D eigenvalue weighted by Crippen LogP contribution is -2.30. The quantitative estimate of drug-likeness (QED) is 0.144. The maximum Gasteiger partial charge on any atom is 0.168 e. The summed E-state index contributed by atoms with van der Waals surface area (Å²) in [6.07, 6.45) is 0.791. The van der Waals surface area contributed by atoms with Gasteiger partial charge >= 0.3 is 0 Å². The first-order valence-corrected chi connectivity index (χ1v) is 17.2. The van der Waals surface area contributed by atoms with Crippen molar-refractivity contribution in [2.75, 3.05) is 56.9 Å². The van der Waals surface area contributed by atoms with Crippen molar-refractivity contribution in [3.63, 3.8) is 0 Å². The Morgan fingerprint density at radius 1 is 0.400 bits per heavy atom. The van der Waals surface area contributed by atoms with Crippen LogP contribution < -0.4 is 59.1 Å². The van der Waals surface area contributed by atoms with Crippen LogP contribution in [0.25, 0.3) is 0 Å². The third-order valence-corrected chi connectivity index (χ3v) is 14.3. The number of benzene rings is 4. The normalized spacial score (nSPS) is 11.0. The van der Waals surface area contributed by atoms with E-state index in [1.54, 1.807) is 56.9 Å². The highest BCUT2D eigenvalue weighted by Gasteiger charge is 2.40. The van der Waals surface area contributed by atoms with E-state index in [2.05, 4.69) is 31.2 Å². The van der Waals surface area contributed by atoms with Gasteiger partial charge in [0.2, 0.25) is 0 Å². The Morgan fingerprint density at radius 3 is 0.822 bits per heavy atom. The zero-order chi connectivity index (χ0) is 32.5. The molecule has 0 heterocycles. The van der Waals surface area contributed by atoms with Gasteiger partial charge in [-0.1, -0.05) is 55.5 Å². The number of para-hydroxylation sites is 4. The molecule has 0 aliphatic rings. The topological polar surface area (TPSA) is 73.8 Å². The summed E-state index contributed by atoms with van der Waals surface area (Å²) in [5, 5.41) is 4.06. The van der Waals surface area contributed by atoms with Crippen LogP contribution in [-0.2, 0) is 0 Å². The summed E-state index contributed by atoms with van der Waals surface area (Å²) in [4.78, 5) is 0. The number of ether oxygens (including phenoxy) is 8. The second-order valence-electron chi connectivity index (χ2n) is 9.68. The fourth-order valence-electron chi connectivity index (χ4n) is 5.62. The number of hydrogen-bond acceptors (Lipinski definition) is 8. The highest BCUT2D eigenvalue weighted by Crippen LogP contribution is 2.63. The molecule has 8 nitrogen and oxygen atoms in total. The first-order chi connectivity index (χ1) is 22.0. The molecule has 0 bridgehead atoms. The van der Waals surface area contributed by atoms with Crippen molar-refractivity contribution in [2.24, 2.45) is 0 Å². The van der Waals surface area contributed by atoms with E-state index in [1.807, 2.05) is 48.5 Å². The number of rotatable bonds is 15. The van der Waals surface area contributed by atoms with E-state index in [4.69, 9.17) is 37.9 Å². The fraction of sp³-hybridized carbons (Fsp3) is 0.314. The fourth-order valence-corrected chi connectivity index (χ4v) is 13.2. The minimum atomic E-state index is -1.23. The van der Waals surface area contributed by atoms with Gasteiger partial charge in [-0.15, -0.1) is 0 Å². The molecule has 0 unspecified atom stereocenters. The maximum atomic E-state index is 6.09. The van der Waals surface area contributed by atoms with Gasteiger partial charge in [0.1, 0.15) is 0 Å².